The topological polar surface area (TPSA) is 59.3 Å². The van der Waals surface area contributed by atoms with Crippen molar-refractivity contribution in [1.82, 2.24) is 5.32 Å². The third-order valence-corrected chi connectivity index (χ3v) is 3.81. The van der Waals surface area contributed by atoms with Crippen molar-refractivity contribution in [1.29, 1.82) is 0 Å². The van der Waals surface area contributed by atoms with Crippen LogP contribution in [0.3, 0.4) is 0 Å². The molecule has 6 heteroatoms. The lowest BCUT2D eigenvalue weighted by Gasteiger charge is -2.00. The molecule has 0 saturated carbocycles. The van der Waals surface area contributed by atoms with Gasteiger partial charge >= 0.3 is 0 Å². The van der Waals surface area contributed by atoms with Gasteiger partial charge in [-0.05, 0) is 36.4 Å². The number of hydrogen-bond acceptors (Lipinski definition) is 3. The number of carbonyl (C=O) groups excluding carboxylic acids is 1. The maximum atomic E-state index is 12.7. The Hall–Kier alpha value is -1.95. The van der Waals surface area contributed by atoms with Crippen molar-refractivity contribution in [2.75, 3.05) is 7.05 Å². The normalized spacial score (nSPS) is 12.1. The Bertz CT molecular complexity index is 607. The SMILES string of the molecule is CNC(=O)c1ccc(C[S@](=O)c2ccc(F)cc2)o1. The number of halogens is 1. The van der Waals surface area contributed by atoms with Crippen LogP contribution < -0.4 is 5.32 Å². The Morgan fingerprint density at radius 3 is 2.58 bits per heavy atom. The Balaban J connectivity index is 2.08. The second kappa shape index (κ2) is 5.79. The zero-order valence-corrected chi connectivity index (χ0v) is 11.0. The van der Waals surface area contributed by atoms with Crippen LogP contribution in [-0.2, 0) is 16.6 Å². The molecular formula is C13H12FNO3S. The Morgan fingerprint density at radius 2 is 1.95 bits per heavy atom. The first-order valence-corrected chi connectivity index (χ1v) is 6.87. The van der Waals surface area contributed by atoms with E-state index in [9.17, 15) is 13.4 Å². The van der Waals surface area contributed by atoms with Gasteiger partial charge in [-0.1, -0.05) is 0 Å². The summed E-state index contributed by atoms with van der Waals surface area (Å²) in [5.74, 6) is 0.0529. The first-order chi connectivity index (χ1) is 9.10. The average molecular weight is 281 g/mol. The molecule has 0 unspecified atom stereocenters. The van der Waals surface area contributed by atoms with Gasteiger partial charge in [0, 0.05) is 11.9 Å². The summed E-state index contributed by atoms with van der Waals surface area (Å²) in [5, 5.41) is 2.44. The minimum absolute atomic E-state index is 0.141. The number of nitrogens with one attached hydrogen (secondary N) is 1. The summed E-state index contributed by atoms with van der Waals surface area (Å²) in [4.78, 5) is 11.8. The maximum absolute atomic E-state index is 12.7. The van der Waals surface area contributed by atoms with Crippen LogP contribution in [0.4, 0.5) is 4.39 Å². The molecule has 0 aliphatic carbocycles. The molecule has 4 nitrogen and oxygen atoms in total. The smallest absolute Gasteiger partial charge is 0.286 e. The highest BCUT2D eigenvalue weighted by molar-refractivity contribution is 7.84. The maximum Gasteiger partial charge on any atom is 0.286 e. The van der Waals surface area contributed by atoms with E-state index in [0.717, 1.165) is 0 Å². The number of amides is 1. The first-order valence-electron chi connectivity index (χ1n) is 5.55. The van der Waals surface area contributed by atoms with Crippen LogP contribution in [0.2, 0.25) is 0 Å². The molecule has 0 fully saturated rings. The predicted octanol–water partition coefficient (Wildman–Crippen LogP) is 2.09. The lowest BCUT2D eigenvalue weighted by molar-refractivity contribution is 0.0934. The first kappa shape index (κ1) is 13.5. The molecule has 100 valence electrons. The fourth-order valence-corrected chi connectivity index (χ4v) is 2.52. The number of furan rings is 1. The average Bonchev–Trinajstić information content (AvgIpc) is 2.87. The second-order valence-electron chi connectivity index (χ2n) is 3.79. The van der Waals surface area contributed by atoms with E-state index in [1.165, 1.54) is 37.4 Å². The van der Waals surface area contributed by atoms with Crippen LogP contribution in [0.15, 0.2) is 45.7 Å². The number of carbonyl (C=O) groups is 1. The van der Waals surface area contributed by atoms with Crippen LogP contribution in [0.5, 0.6) is 0 Å². The van der Waals surface area contributed by atoms with Crippen LogP contribution >= 0.6 is 0 Å². The van der Waals surface area contributed by atoms with Gasteiger partial charge in [0.15, 0.2) is 5.76 Å². The van der Waals surface area contributed by atoms with E-state index >= 15 is 0 Å². The molecule has 1 amide bonds. The van der Waals surface area contributed by atoms with Crippen LogP contribution in [-0.4, -0.2) is 17.2 Å². The van der Waals surface area contributed by atoms with Crippen molar-refractivity contribution in [2.24, 2.45) is 0 Å². The highest BCUT2D eigenvalue weighted by Crippen LogP contribution is 2.15. The molecule has 0 radical (unpaired) electrons. The predicted molar refractivity (Wildman–Crippen MR) is 68.6 cm³/mol. The zero-order valence-electron chi connectivity index (χ0n) is 10.2. The molecule has 2 aromatic rings. The van der Waals surface area contributed by atoms with E-state index in [4.69, 9.17) is 4.42 Å². The van der Waals surface area contributed by atoms with Gasteiger partial charge in [0.25, 0.3) is 5.91 Å². The van der Waals surface area contributed by atoms with Crippen LogP contribution in [0, 0.1) is 5.82 Å². The van der Waals surface area contributed by atoms with Crippen molar-refractivity contribution in [2.45, 2.75) is 10.6 Å². The molecule has 0 aliphatic rings. The molecule has 19 heavy (non-hydrogen) atoms. The van der Waals surface area contributed by atoms with Gasteiger partial charge in [0.05, 0.1) is 16.6 Å². The van der Waals surface area contributed by atoms with Crippen molar-refractivity contribution < 1.29 is 17.8 Å². The third-order valence-electron chi connectivity index (χ3n) is 2.46. The van der Waals surface area contributed by atoms with Crippen molar-refractivity contribution >= 4 is 16.7 Å². The van der Waals surface area contributed by atoms with Gasteiger partial charge in [-0.25, -0.2) is 4.39 Å². The van der Waals surface area contributed by atoms with E-state index in [-0.39, 0.29) is 23.2 Å². The molecule has 1 heterocycles. The molecule has 1 aromatic carbocycles. The van der Waals surface area contributed by atoms with Crippen molar-refractivity contribution in [3.63, 3.8) is 0 Å². The van der Waals surface area contributed by atoms with Gasteiger partial charge in [0.1, 0.15) is 11.6 Å². The van der Waals surface area contributed by atoms with Crippen molar-refractivity contribution in [3.8, 4) is 0 Å². The zero-order chi connectivity index (χ0) is 13.8. The lowest BCUT2D eigenvalue weighted by atomic mass is 10.4. The van der Waals surface area contributed by atoms with E-state index in [1.54, 1.807) is 6.07 Å². The minimum Gasteiger partial charge on any atom is -0.455 e. The van der Waals surface area contributed by atoms with E-state index in [1.807, 2.05) is 0 Å². The van der Waals surface area contributed by atoms with Crippen LogP contribution in [0.25, 0.3) is 0 Å². The molecule has 2 rings (SSSR count). The molecule has 1 aromatic heterocycles. The molecule has 0 spiro atoms. The minimum atomic E-state index is -1.34. The highest BCUT2D eigenvalue weighted by Gasteiger charge is 2.12. The van der Waals surface area contributed by atoms with Gasteiger partial charge in [0.2, 0.25) is 0 Å². The molecule has 1 N–H and O–H groups in total. The summed E-state index contributed by atoms with van der Waals surface area (Å²) in [6, 6.07) is 8.57. The van der Waals surface area contributed by atoms with Crippen molar-refractivity contribution in [3.05, 3.63) is 53.7 Å². The summed E-state index contributed by atoms with van der Waals surface area (Å²) >= 11 is 0. The van der Waals surface area contributed by atoms with E-state index < -0.39 is 10.8 Å². The van der Waals surface area contributed by atoms with Gasteiger partial charge < -0.3 is 9.73 Å². The largest absolute Gasteiger partial charge is 0.455 e. The summed E-state index contributed by atoms with van der Waals surface area (Å²) in [6.45, 7) is 0. The Kier molecular flexibility index (Phi) is 4.11. The fraction of sp³-hybridized carbons (Fsp3) is 0.154. The molecule has 1 atom stereocenters. The highest BCUT2D eigenvalue weighted by atomic mass is 32.2. The van der Waals surface area contributed by atoms with Gasteiger partial charge in [-0.3, -0.25) is 9.00 Å². The van der Waals surface area contributed by atoms with Gasteiger partial charge in [-0.2, -0.15) is 0 Å². The van der Waals surface area contributed by atoms with E-state index in [0.29, 0.717) is 10.7 Å². The number of rotatable bonds is 4. The third kappa shape index (κ3) is 3.29. The summed E-state index contributed by atoms with van der Waals surface area (Å²) in [5.41, 5.74) is 0. The summed E-state index contributed by atoms with van der Waals surface area (Å²) < 4.78 is 30.0. The number of benzene rings is 1. The second-order valence-corrected chi connectivity index (χ2v) is 5.24. The monoisotopic (exact) mass is 281 g/mol. The molecular weight excluding hydrogens is 269 g/mol. The molecule has 0 aliphatic heterocycles. The standard InChI is InChI=1S/C13H12FNO3S/c1-15-13(16)12-7-4-10(18-12)8-19(17)11-5-2-9(14)3-6-11/h2-7H,8H2,1H3,(H,15,16)/t19-/m0/s1. The molecule has 0 saturated heterocycles. The fourth-order valence-electron chi connectivity index (χ4n) is 1.50. The Morgan fingerprint density at radius 1 is 1.26 bits per heavy atom. The summed E-state index contributed by atoms with van der Waals surface area (Å²) in [6.07, 6.45) is 0. The summed E-state index contributed by atoms with van der Waals surface area (Å²) in [7, 11) is 0.165. The van der Waals surface area contributed by atoms with E-state index in [2.05, 4.69) is 5.32 Å². The Labute approximate surface area is 112 Å². The molecule has 0 bridgehead atoms. The van der Waals surface area contributed by atoms with Crippen LogP contribution in [0.1, 0.15) is 16.3 Å². The quantitative estimate of drug-likeness (QED) is 0.933. The van der Waals surface area contributed by atoms with Gasteiger partial charge in [-0.15, -0.1) is 0 Å². The number of hydrogen-bond donors (Lipinski definition) is 1. The lowest BCUT2D eigenvalue weighted by Crippen LogP contribution is -2.16.